The first kappa shape index (κ1) is 22.7. The molecule has 34 heavy (non-hydrogen) atoms. The largest absolute Gasteiger partial charge is 0.455 e. The van der Waals surface area contributed by atoms with Gasteiger partial charge in [0.05, 0.1) is 11.5 Å². The summed E-state index contributed by atoms with van der Waals surface area (Å²) >= 11 is 0. The van der Waals surface area contributed by atoms with E-state index in [2.05, 4.69) is 13.0 Å². The summed E-state index contributed by atoms with van der Waals surface area (Å²) in [5, 5.41) is 24.3. The van der Waals surface area contributed by atoms with Gasteiger partial charge in [-0.25, -0.2) is 4.79 Å². The van der Waals surface area contributed by atoms with Crippen molar-refractivity contribution in [2.45, 2.75) is 102 Å². The zero-order valence-electron chi connectivity index (χ0n) is 20.8. The van der Waals surface area contributed by atoms with Crippen LogP contribution in [-0.2, 0) is 19.1 Å². The molecule has 3 fully saturated rings. The van der Waals surface area contributed by atoms with Crippen LogP contribution in [0.15, 0.2) is 34.9 Å². The SMILES string of the molecule is CC1=C(C)C(=O)O[C@@H]([C@](C)(O)[C@@]2(O)C[C@@H]3O[C@@]34[C@@H]3CC=C5CC=CC(=O)[C@]5(C)[C@H]3CC[C@@]42C)C1. The van der Waals surface area contributed by atoms with Gasteiger partial charge in [-0.3, -0.25) is 4.79 Å². The van der Waals surface area contributed by atoms with Crippen molar-refractivity contribution in [2.24, 2.45) is 22.7 Å². The minimum absolute atomic E-state index is 0.100. The number of hydrogen-bond donors (Lipinski definition) is 2. The van der Waals surface area contributed by atoms with Gasteiger partial charge in [0.1, 0.15) is 22.9 Å². The van der Waals surface area contributed by atoms with E-state index in [4.69, 9.17) is 9.47 Å². The monoisotopic (exact) mass is 468 g/mol. The van der Waals surface area contributed by atoms with Crippen LogP contribution in [0.3, 0.4) is 0 Å². The first-order valence-corrected chi connectivity index (χ1v) is 12.7. The van der Waals surface area contributed by atoms with Crippen LogP contribution >= 0.6 is 0 Å². The average molecular weight is 469 g/mol. The Balaban J connectivity index is 1.39. The minimum Gasteiger partial charge on any atom is -0.455 e. The normalized spacial score (nSPS) is 51.0. The summed E-state index contributed by atoms with van der Waals surface area (Å²) in [6.45, 7) is 9.39. The molecule has 1 saturated heterocycles. The van der Waals surface area contributed by atoms with E-state index in [1.807, 2.05) is 19.9 Å². The van der Waals surface area contributed by atoms with Gasteiger partial charge in [-0.15, -0.1) is 0 Å². The molecule has 0 aromatic rings. The summed E-state index contributed by atoms with van der Waals surface area (Å²) in [6, 6.07) is 0. The number of carbonyl (C=O) groups excluding carboxylic acids is 2. The standard InChI is InChI=1S/C28H36O6/c1-15-13-21(33-23(30)16(15)2)26(5,31)27(32)14-22-28(34-22)19-10-9-17-7-6-8-20(29)25(17,4)18(19)11-12-24(27,28)3/h6,8-9,18-19,21-22,31-32H,7,10-14H2,1-5H3/t18-,19+,21+,22-,24+,25-,26-,27+,28-/m0/s1. The Morgan fingerprint density at radius 1 is 1.18 bits per heavy atom. The molecule has 0 bridgehead atoms. The lowest BCUT2D eigenvalue weighted by Gasteiger charge is -2.60. The number of allylic oxidation sites excluding steroid dienone is 4. The van der Waals surface area contributed by atoms with E-state index in [9.17, 15) is 19.8 Å². The Bertz CT molecular complexity index is 1100. The van der Waals surface area contributed by atoms with E-state index < -0.39 is 39.7 Å². The molecule has 4 aliphatic carbocycles. The van der Waals surface area contributed by atoms with Gasteiger partial charge < -0.3 is 19.7 Å². The Kier molecular flexibility index (Phi) is 4.34. The lowest BCUT2D eigenvalue weighted by Crippen LogP contribution is -2.71. The average Bonchev–Trinajstić information content (AvgIpc) is 3.44. The third-order valence-corrected chi connectivity index (χ3v) is 11.3. The third-order valence-electron chi connectivity index (χ3n) is 11.3. The molecule has 0 aromatic heterocycles. The highest BCUT2D eigenvalue weighted by Gasteiger charge is 2.87. The maximum atomic E-state index is 13.2. The van der Waals surface area contributed by atoms with Crippen LogP contribution in [-0.4, -0.2) is 51.0 Å². The molecule has 0 aromatic carbocycles. The number of carbonyl (C=O) groups is 2. The van der Waals surface area contributed by atoms with Gasteiger partial charge in [-0.2, -0.15) is 0 Å². The van der Waals surface area contributed by atoms with E-state index >= 15 is 0 Å². The second kappa shape index (κ2) is 6.51. The predicted octanol–water partition coefficient (Wildman–Crippen LogP) is 3.56. The van der Waals surface area contributed by atoms with Crippen LogP contribution in [0, 0.1) is 22.7 Å². The Morgan fingerprint density at radius 2 is 1.91 bits per heavy atom. The first-order valence-electron chi connectivity index (χ1n) is 12.7. The summed E-state index contributed by atoms with van der Waals surface area (Å²) in [4.78, 5) is 25.6. The van der Waals surface area contributed by atoms with Crippen molar-refractivity contribution >= 4 is 11.8 Å². The zero-order valence-corrected chi connectivity index (χ0v) is 20.8. The second-order valence-corrected chi connectivity index (χ2v) is 12.3. The molecule has 0 unspecified atom stereocenters. The topological polar surface area (TPSA) is 96.4 Å². The number of aliphatic hydroxyl groups is 2. The van der Waals surface area contributed by atoms with Crippen LogP contribution in [0.1, 0.15) is 73.1 Å². The lowest BCUT2D eigenvalue weighted by molar-refractivity contribution is -0.270. The van der Waals surface area contributed by atoms with Gasteiger partial charge in [0.25, 0.3) is 0 Å². The maximum absolute atomic E-state index is 13.2. The molecule has 1 spiro atoms. The Hall–Kier alpha value is -1.76. The summed E-state index contributed by atoms with van der Waals surface area (Å²) < 4.78 is 12.1. The van der Waals surface area contributed by atoms with Gasteiger partial charge in [-0.05, 0) is 71.3 Å². The molecule has 184 valence electrons. The second-order valence-electron chi connectivity index (χ2n) is 12.3. The number of ketones is 1. The highest BCUT2D eigenvalue weighted by atomic mass is 16.6. The Labute approximate surface area is 201 Å². The summed E-state index contributed by atoms with van der Waals surface area (Å²) in [7, 11) is 0. The lowest BCUT2D eigenvalue weighted by atomic mass is 9.45. The molecule has 2 saturated carbocycles. The fourth-order valence-corrected chi connectivity index (χ4v) is 8.84. The van der Waals surface area contributed by atoms with Crippen molar-refractivity contribution in [1.82, 2.24) is 0 Å². The van der Waals surface area contributed by atoms with Crippen LogP contribution < -0.4 is 0 Å². The number of hydrogen-bond acceptors (Lipinski definition) is 6. The number of ether oxygens (including phenoxy) is 2. The molecule has 2 heterocycles. The number of epoxide rings is 1. The fraction of sp³-hybridized carbons (Fsp3) is 0.714. The van der Waals surface area contributed by atoms with Gasteiger partial charge in [0.15, 0.2) is 5.78 Å². The molecule has 6 rings (SSSR count). The van der Waals surface area contributed by atoms with Crippen LogP contribution in [0.4, 0.5) is 0 Å². The fourth-order valence-electron chi connectivity index (χ4n) is 8.84. The zero-order chi connectivity index (χ0) is 24.5. The number of rotatable bonds is 2. The molecule has 2 N–H and O–H groups in total. The van der Waals surface area contributed by atoms with Crippen molar-refractivity contribution in [3.63, 3.8) is 0 Å². The quantitative estimate of drug-likeness (QED) is 0.366. The van der Waals surface area contributed by atoms with Crippen molar-refractivity contribution < 1.29 is 29.3 Å². The molecule has 6 heteroatoms. The van der Waals surface area contributed by atoms with Gasteiger partial charge >= 0.3 is 5.97 Å². The molecular weight excluding hydrogens is 432 g/mol. The number of fused-ring (bicyclic) bond motifs is 3. The van der Waals surface area contributed by atoms with E-state index in [0.29, 0.717) is 24.8 Å². The predicted molar refractivity (Wildman–Crippen MR) is 125 cm³/mol. The first-order chi connectivity index (χ1) is 15.8. The van der Waals surface area contributed by atoms with E-state index in [0.717, 1.165) is 24.8 Å². The molecule has 0 amide bonds. The maximum Gasteiger partial charge on any atom is 0.334 e. The Morgan fingerprint density at radius 3 is 2.62 bits per heavy atom. The minimum atomic E-state index is -1.64. The number of esters is 1. The molecule has 9 atom stereocenters. The van der Waals surface area contributed by atoms with Crippen molar-refractivity contribution in [2.75, 3.05) is 0 Å². The van der Waals surface area contributed by atoms with Crippen LogP contribution in [0.2, 0.25) is 0 Å². The van der Waals surface area contributed by atoms with Gasteiger partial charge in [-0.1, -0.05) is 30.2 Å². The van der Waals surface area contributed by atoms with E-state index in [-0.39, 0.29) is 23.7 Å². The summed E-state index contributed by atoms with van der Waals surface area (Å²) in [5.74, 6) is -0.00929. The highest BCUT2D eigenvalue weighted by Crippen LogP contribution is 2.78. The van der Waals surface area contributed by atoms with E-state index in [1.165, 1.54) is 5.57 Å². The smallest absolute Gasteiger partial charge is 0.334 e. The van der Waals surface area contributed by atoms with E-state index in [1.54, 1.807) is 19.9 Å². The molecule has 6 nitrogen and oxygen atoms in total. The summed E-state index contributed by atoms with van der Waals surface area (Å²) in [6.07, 6.45) is 8.71. The molecule has 6 aliphatic rings. The highest BCUT2D eigenvalue weighted by molar-refractivity contribution is 5.98. The van der Waals surface area contributed by atoms with Crippen molar-refractivity contribution in [3.8, 4) is 0 Å². The number of cyclic esters (lactones) is 1. The van der Waals surface area contributed by atoms with Gasteiger partial charge in [0, 0.05) is 23.8 Å². The van der Waals surface area contributed by atoms with Gasteiger partial charge in [0.2, 0.25) is 0 Å². The van der Waals surface area contributed by atoms with Crippen LogP contribution in [0.5, 0.6) is 0 Å². The van der Waals surface area contributed by atoms with Crippen LogP contribution in [0.25, 0.3) is 0 Å². The molecule has 0 radical (unpaired) electrons. The van der Waals surface area contributed by atoms with Crippen molar-refractivity contribution in [1.29, 1.82) is 0 Å². The summed E-state index contributed by atoms with van der Waals surface area (Å²) in [5.41, 5.74) is -2.28. The third kappa shape index (κ3) is 2.29. The van der Waals surface area contributed by atoms with Crippen molar-refractivity contribution in [3.05, 3.63) is 34.9 Å². The molecule has 2 aliphatic heterocycles. The molecular formula is C28H36O6.